The van der Waals surface area contributed by atoms with Crippen LogP contribution in [0.25, 0.3) is 88.0 Å². The van der Waals surface area contributed by atoms with Crippen molar-refractivity contribution in [1.82, 2.24) is 0 Å². The molecule has 0 radical (unpaired) electrons. The van der Waals surface area contributed by atoms with Gasteiger partial charge in [0.25, 0.3) is 0 Å². The lowest BCUT2D eigenvalue weighted by atomic mass is 9.80. The molecule has 11 aromatic rings. The van der Waals surface area contributed by atoms with Gasteiger partial charge in [-0.15, -0.1) is 0 Å². The van der Waals surface area contributed by atoms with Crippen LogP contribution in [-0.2, 0) is 5.41 Å². The molecule has 288 valence electrons. The number of benzene rings is 10. The molecule has 1 aliphatic rings. The van der Waals surface area contributed by atoms with Gasteiger partial charge >= 0.3 is 0 Å². The van der Waals surface area contributed by atoms with Crippen molar-refractivity contribution in [3.63, 3.8) is 0 Å². The Kier molecular flexibility index (Phi) is 7.92. The van der Waals surface area contributed by atoms with Gasteiger partial charge in [-0.3, -0.25) is 0 Å². The van der Waals surface area contributed by atoms with Gasteiger partial charge in [0.1, 0.15) is 11.2 Å². The van der Waals surface area contributed by atoms with Crippen LogP contribution in [0, 0.1) is 0 Å². The van der Waals surface area contributed by atoms with Crippen molar-refractivity contribution in [3.05, 3.63) is 223 Å². The van der Waals surface area contributed by atoms with E-state index in [9.17, 15) is 0 Å². The normalized spacial score (nSPS) is 12.9. The fraction of sp³-hybridized carbons (Fsp3) is 0.0508. The maximum absolute atomic E-state index is 6.72. The molecule has 1 aromatic heterocycles. The van der Waals surface area contributed by atoms with Crippen LogP contribution in [0.3, 0.4) is 0 Å². The van der Waals surface area contributed by atoms with E-state index < -0.39 is 0 Å². The first-order valence-electron chi connectivity index (χ1n) is 21.2. The van der Waals surface area contributed by atoms with E-state index in [1.165, 1.54) is 77.2 Å². The van der Waals surface area contributed by atoms with E-state index in [1.54, 1.807) is 0 Å². The van der Waals surface area contributed by atoms with Gasteiger partial charge in [-0.1, -0.05) is 172 Å². The quantitative estimate of drug-likeness (QED) is 0.167. The SMILES string of the molecule is CC1(C)c2cc(N(c3ccc(-c4ccccc4)cc3)c3ccc4oc5cc6ccccc6c(-c6ccccc6)c5c4c3)ccc2-c2c1cc1ccccc1c2-c1ccccc1. The van der Waals surface area contributed by atoms with Crippen LogP contribution in [0.15, 0.2) is 217 Å². The number of rotatable bonds is 6. The first kappa shape index (κ1) is 35.3. The summed E-state index contributed by atoms with van der Waals surface area (Å²) >= 11 is 0. The molecular formula is C59H41NO. The second-order valence-electron chi connectivity index (χ2n) is 16.9. The third kappa shape index (κ3) is 5.56. The van der Waals surface area contributed by atoms with Crippen molar-refractivity contribution in [3.8, 4) is 44.5 Å². The van der Waals surface area contributed by atoms with E-state index in [-0.39, 0.29) is 5.41 Å². The molecule has 2 nitrogen and oxygen atoms in total. The second kappa shape index (κ2) is 13.7. The highest BCUT2D eigenvalue weighted by molar-refractivity contribution is 6.21. The molecule has 2 heteroatoms. The van der Waals surface area contributed by atoms with Gasteiger partial charge in [-0.25, -0.2) is 0 Å². The summed E-state index contributed by atoms with van der Waals surface area (Å²) in [6.45, 7) is 4.78. The molecular weight excluding hydrogens is 739 g/mol. The van der Waals surface area contributed by atoms with Crippen LogP contribution in [0.4, 0.5) is 17.1 Å². The summed E-state index contributed by atoms with van der Waals surface area (Å²) < 4.78 is 6.72. The Morgan fingerprint density at radius 3 is 1.57 bits per heavy atom. The first-order valence-corrected chi connectivity index (χ1v) is 21.2. The fourth-order valence-corrected chi connectivity index (χ4v) is 10.1. The summed E-state index contributed by atoms with van der Waals surface area (Å²) in [6.07, 6.45) is 0. The Bertz CT molecular complexity index is 3470. The number of anilines is 3. The lowest BCUT2D eigenvalue weighted by Crippen LogP contribution is -2.16. The highest BCUT2D eigenvalue weighted by Crippen LogP contribution is 2.56. The smallest absolute Gasteiger partial charge is 0.136 e. The Morgan fingerprint density at radius 2 is 0.885 bits per heavy atom. The Morgan fingerprint density at radius 1 is 0.361 bits per heavy atom. The molecule has 0 unspecified atom stereocenters. The number of furan rings is 1. The number of hydrogen-bond acceptors (Lipinski definition) is 2. The van der Waals surface area contributed by atoms with Gasteiger partial charge in [-0.05, 0) is 126 Å². The maximum Gasteiger partial charge on any atom is 0.136 e. The number of fused-ring (bicyclic) bond motifs is 8. The minimum atomic E-state index is -0.243. The summed E-state index contributed by atoms with van der Waals surface area (Å²) in [5.74, 6) is 0. The third-order valence-corrected chi connectivity index (χ3v) is 13.0. The van der Waals surface area contributed by atoms with Crippen LogP contribution >= 0.6 is 0 Å². The van der Waals surface area contributed by atoms with E-state index in [0.717, 1.165) is 39.0 Å². The molecule has 0 N–H and O–H groups in total. The molecule has 1 heterocycles. The van der Waals surface area contributed by atoms with Crippen molar-refractivity contribution >= 4 is 60.5 Å². The van der Waals surface area contributed by atoms with Crippen LogP contribution in [0.1, 0.15) is 25.0 Å². The van der Waals surface area contributed by atoms with Gasteiger partial charge in [0, 0.05) is 38.8 Å². The van der Waals surface area contributed by atoms with Crippen molar-refractivity contribution in [2.75, 3.05) is 4.90 Å². The minimum absolute atomic E-state index is 0.243. The molecule has 12 rings (SSSR count). The van der Waals surface area contributed by atoms with Gasteiger partial charge < -0.3 is 9.32 Å². The summed E-state index contributed by atoms with van der Waals surface area (Å²) in [7, 11) is 0. The molecule has 0 fully saturated rings. The van der Waals surface area contributed by atoms with Crippen molar-refractivity contribution in [1.29, 1.82) is 0 Å². The van der Waals surface area contributed by atoms with Gasteiger partial charge in [0.15, 0.2) is 0 Å². The van der Waals surface area contributed by atoms with E-state index in [0.29, 0.717) is 0 Å². The van der Waals surface area contributed by atoms with Crippen molar-refractivity contribution in [2.24, 2.45) is 0 Å². The monoisotopic (exact) mass is 779 g/mol. The number of hydrogen-bond donors (Lipinski definition) is 0. The highest BCUT2D eigenvalue weighted by atomic mass is 16.3. The van der Waals surface area contributed by atoms with E-state index in [1.807, 2.05) is 0 Å². The molecule has 10 aromatic carbocycles. The zero-order chi connectivity index (χ0) is 40.7. The molecule has 61 heavy (non-hydrogen) atoms. The van der Waals surface area contributed by atoms with Crippen LogP contribution < -0.4 is 4.90 Å². The summed E-state index contributed by atoms with van der Waals surface area (Å²) in [5.41, 5.74) is 17.4. The predicted molar refractivity (Wildman–Crippen MR) is 257 cm³/mol. The standard InChI is InChI=1S/C59H41NO/c1-59(2)51-37-46(30-32-49(51)57-52(59)34-42-22-12-14-24-47(42)55(57)40-18-8-4-9-19-40)60(44-28-26-39(27-29-44)38-16-6-3-7-17-38)45-31-33-53-50(36-45)58-54(61-53)35-43-23-13-15-25-48(43)56(58)41-20-10-5-11-21-41/h3-37H,1-2H3. The zero-order valence-electron chi connectivity index (χ0n) is 34.1. The largest absolute Gasteiger partial charge is 0.456 e. The molecule has 0 atom stereocenters. The third-order valence-electron chi connectivity index (χ3n) is 13.0. The van der Waals surface area contributed by atoms with Crippen molar-refractivity contribution in [2.45, 2.75) is 19.3 Å². The van der Waals surface area contributed by atoms with Crippen LogP contribution in [-0.4, -0.2) is 0 Å². The van der Waals surface area contributed by atoms with Gasteiger partial charge in [-0.2, -0.15) is 0 Å². The van der Waals surface area contributed by atoms with Gasteiger partial charge in [0.05, 0.1) is 0 Å². The maximum atomic E-state index is 6.72. The Hall–Kier alpha value is -7.68. The minimum Gasteiger partial charge on any atom is -0.456 e. The lowest BCUT2D eigenvalue weighted by molar-refractivity contribution is 0.661. The molecule has 0 saturated carbocycles. The summed E-state index contributed by atoms with van der Waals surface area (Å²) in [5, 5.41) is 7.15. The molecule has 1 aliphatic carbocycles. The molecule has 0 aliphatic heterocycles. The average molecular weight is 780 g/mol. The van der Waals surface area contributed by atoms with E-state index >= 15 is 0 Å². The highest BCUT2D eigenvalue weighted by Gasteiger charge is 2.38. The average Bonchev–Trinajstić information content (AvgIpc) is 3.78. The molecule has 0 saturated heterocycles. The summed E-state index contributed by atoms with van der Waals surface area (Å²) in [4.78, 5) is 2.42. The van der Waals surface area contributed by atoms with E-state index in [2.05, 4.69) is 231 Å². The van der Waals surface area contributed by atoms with Crippen molar-refractivity contribution < 1.29 is 4.42 Å². The van der Waals surface area contributed by atoms with E-state index in [4.69, 9.17) is 4.42 Å². The second-order valence-corrected chi connectivity index (χ2v) is 16.9. The molecule has 0 amide bonds. The Balaban J connectivity index is 1.09. The molecule has 0 bridgehead atoms. The zero-order valence-corrected chi connectivity index (χ0v) is 34.1. The predicted octanol–water partition coefficient (Wildman–Crippen LogP) is 16.7. The lowest BCUT2D eigenvalue weighted by Gasteiger charge is -2.28. The Labute approximate surface area is 355 Å². The topological polar surface area (TPSA) is 16.4 Å². The van der Waals surface area contributed by atoms with Gasteiger partial charge in [0.2, 0.25) is 0 Å². The fourth-order valence-electron chi connectivity index (χ4n) is 10.1. The van der Waals surface area contributed by atoms with Crippen LogP contribution in [0.5, 0.6) is 0 Å². The number of nitrogens with zero attached hydrogens (tertiary/aromatic N) is 1. The first-order chi connectivity index (χ1) is 30.0. The molecule has 0 spiro atoms. The summed E-state index contributed by atoms with van der Waals surface area (Å²) in [6, 6.07) is 77.3. The van der Waals surface area contributed by atoms with Crippen LogP contribution in [0.2, 0.25) is 0 Å².